The van der Waals surface area contributed by atoms with Crippen LogP contribution in [0, 0.1) is 23.5 Å². The van der Waals surface area contributed by atoms with Gasteiger partial charge in [0.25, 0.3) is 5.56 Å². The van der Waals surface area contributed by atoms with E-state index in [0.29, 0.717) is 61.2 Å². The van der Waals surface area contributed by atoms with Crippen LogP contribution >= 0.6 is 11.6 Å². The number of benzene rings is 2. The molecule has 1 saturated carbocycles. The van der Waals surface area contributed by atoms with Crippen LogP contribution in [0.15, 0.2) is 35.3 Å². The number of piperidine rings is 2. The molecule has 5 aromatic rings. The van der Waals surface area contributed by atoms with Gasteiger partial charge in [-0.05, 0) is 55.7 Å². The number of hydrogen-bond donors (Lipinski definition) is 4. The Morgan fingerprint density at radius 1 is 1.03 bits per heavy atom. The summed E-state index contributed by atoms with van der Waals surface area (Å²) in [4.78, 5) is 48.5. The van der Waals surface area contributed by atoms with E-state index in [9.17, 15) is 14.4 Å². The molecule has 4 atom stereocenters. The highest BCUT2D eigenvalue weighted by molar-refractivity contribution is 6.33. The number of hydrogen-bond acceptors (Lipinski definition) is 11. The summed E-state index contributed by atoms with van der Waals surface area (Å²) in [5.74, 6) is -6.05. The Balaban J connectivity index is 0.938. The van der Waals surface area contributed by atoms with Crippen LogP contribution in [0.3, 0.4) is 0 Å². The number of nitrogens with one attached hydrogen (secondary N) is 4. The fourth-order valence-corrected chi connectivity index (χ4v) is 8.60. The number of imide groups is 1. The van der Waals surface area contributed by atoms with E-state index in [4.69, 9.17) is 16.3 Å². The lowest BCUT2D eigenvalue weighted by atomic mass is 9.92. The smallest absolute Gasteiger partial charge is 0.301 e. The average Bonchev–Trinajstić information content (AvgIpc) is 3.98. The molecule has 6 heterocycles. The Bertz CT molecular complexity index is 2600. The number of amides is 2. The summed E-state index contributed by atoms with van der Waals surface area (Å²) in [6.45, 7) is 2.03. The minimum Gasteiger partial charge on any atom is -0.480 e. The van der Waals surface area contributed by atoms with Gasteiger partial charge in [-0.15, -0.1) is 0 Å². The van der Waals surface area contributed by atoms with E-state index < -0.39 is 47.6 Å². The molecule has 4 aliphatic rings. The van der Waals surface area contributed by atoms with E-state index in [1.165, 1.54) is 28.6 Å². The van der Waals surface area contributed by atoms with Crippen LogP contribution in [0.5, 0.6) is 5.75 Å². The molecule has 19 heteroatoms. The van der Waals surface area contributed by atoms with Crippen molar-refractivity contribution in [3.05, 3.63) is 63.2 Å². The maximum Gasteiger partial charge on any atom is 0.301 e. The molecule has 3 aliphatic heterocycles. The van der Waals surface area contributed by atoms with Gasteiger partial charge in [0, 0.05) is 56.5 Å². The summed E-state index contributed by atoms with van der Waals surface area (Å²) in [5, 5.41) is 16.9. The third-order valence-corrected chi connectivity index (χ3v) is 12.0. The second kappa shape index (κ2) is 14.0. The van der Waals surface area contributed by atoms with Gasteiger partial charge in [0.15, 0.2) is 18.2 Å². The first kappa shape index (κ1) is 37.9. The second-order valence-corrected chi connectivity index (χ2v) is 16.1. The molecule has 0 bridgehead atoms. The van der Waals surface area contributed by atoms with E-state index in [1.807, 2.05) is 11.8 Å². The first-order valence-corrected chi connectivity index (χ1v) is 19.5. The van der Waals surface area contributed by atoms with Crippen LogP contribution in [0.4, 0.5) is 46.4 Å². The number of pyridine rings is 1. The third kappa shape index (κ3) is 6.50. The number of aromatic nitrogens is 5. The zero-order valence-electron chi connectivity index (χ0n) is 31.6. The van der Waals surface area contributed by atoms with Crippen molar-refractivity contribution in [1.82, 2.24) is 29.6 Å². The van der Waals surface area contributed by atoms with E-state index in [2.05, 4.69) is 36.3 Å². The summed E-state index contributed by atoms with van der Waals surface area (Å²) in [7, 11) is 3.04. The quantitative estimate of drug-likeness (QED) is 0.113. The zero-order chi connectivity index (χ0) is 40.8. The Hall–Kier alpha value is -5.65. The molecule has 2 aromatic carbocycles. The van der Waals surface area contributed by atoms with Crippen LogP contribution in [-0.2, 0) is 23.7 Å². The monoisotopic (exact) mass is 822 g/mol. The number of ether oxygens (including phenoxy) is 1. The molecule has 304 valence electrons. The van der Waals surface area contributed by atoms with Crippen molar-refractivity contribution in [3.63, 3.8) is 0 Å². The van der Waals surface area contributed by atoms with E-state index in [-0.39, 0.29) is 74.9 Å². The fraction of sp³-hybridized carbons (Fsp3) is 0.436. The number of carbonyl (C=O) groups is 2. The minimum atomic E-state index is -3.24. The number of halogens is 5. The highest BCUT2D eigenvalue weighted by Crippen LogP contribution is 2.46. The Morgan fingerprint density at radius 3 is 2.57 bits per heavy atom. The molecule has 4 N–H and O–H groups in total. The van der Waals surface area contributed by atoms with Crippen molar-refractivity contribution in [2.45, 2.75) is 63.0 Å². The van der Waals surface area contributed by atoms with Gasteiger partial charge >= 0.3 is 5.92 Å². The van der Waals surface area contributed by atoms with E-state index in [1.54, 1.807) is 19.2 Å². The van der Waals surface area contributed by atoms with Crippen molar-refractivity contribution in [3.8, 4) is 5.75 Å². The lowest BCUT2D eigenvalue weighted by molar-refractivity contribution is -0.134. The molecule has 0 radical (unpaired) electrons. The average molecular weight is 823 g/mol. The maximum absolute atomic E-state index is 16.1. The van der Waals surface area contributed by atoms with Crippen molar-refractivity contribution in [2.75, 3.05) is 40.5 Å². The predicted octanol–water partition coefficient (Wildman–Crippen LogP) is 5.96. The van der Waals surface area contributed by atoms with E-state index >= 15 is 17.6 Å². The number of alkyl halides is 2. The number of aryl methyl sites for hydroxylation is 2. The highest BCUT2D eigenvalue weighted by Gasteiger charge is 2.51. The molecule has 3 aromatic heterocycles. The van der Waals surface area contributed by atoms with Crippen molar-refractivity contribution in [2.24, 2.45) is 25.9 Å². The molecule has 2 saturated heterocycles. The van der Waals surface area contributed by atoms with Gasteiger partial charge in [-0.1, -0.05) is 18.5 Å². The van der Waals surface area contributed by atoms with Crippen LogP contribution in [0.1, 0.15) is 50.6 Å². The lowest BCUT2D eigenvalue weighted by Crippen LogP contribution is -2.46. The Kier molecular flexibility index (Phi) is 9.16. The number of nitrogens with zero attached hydrogens (tertiary/aromatic N) is 6. The van der Waals surface area contributed by atoms with Crippen molar-refractivity contribution < 1.29 is 31.9 Å². The standard InChI is InChI=1S/C39H39ClF4N10O4/c1-17-15-54(11-10-24(17)46-25-8-6-19-30(51-53(3)32(19)29(25)42)20-7-9-28(55)48-36(20)56)38-45-14-22(40)35(50-38)47-26-12-21-27(13-23(26)41)52(2)37(57)33-31(21)49-34(18-4-5-18)39(43,44)16-58-33/h6,8,12-14,17-18,20,24,34,46,49H,4-5,7,9-11,15-16H2,1-3H3,(H,45,47,50)(H,48,55,56)/t17-,20?,24?,34?/m1/s1. The lowest BCUT2D eigenvalue weighted by Gasteiger charge is -2.38. The molecule has 2 amide bonds. The maximum atomic E-state index is 16.1. The normalized spacial score (nSPS) is 23.2. The summed E-state index contributed by atoms with van der Waals surface area (Å²) in [6.07, 6.45) is 3.70. The SMILES string of the molecule is C[C@@H]1CN(c2ncc(Cl)c(Nc3cc4c5c(c(=O)n(C)c4cc3F)OCC(F)(F)C(C3CC3)N5)n2)CCC1Nc1ccc2c(C3CCC(=O)NC3=O)nn(C)c2c1F. The predicted molar refractivity (Wildman–Crippen MR) is 209 cm³/mol. The van der Waals surface area contributed by atoms with Gasteiger partial charge in [0.2, 0.25) is 23.5 Å². The van der Waals surface area contributed by atoms with Crippen LogP contribution in [0.2, 0.25) is 5.02 Å². The molecule has 0 spiro atoms. The van der Waals surface area contributed by atoms with Crippen LogP contribution in [0.25, 0.3) is 21.8 Å². The summed E-state index contributed by atoms with van der Waals surface area (Å²) < 4.78 is 70.1. The van der Waals surface area contributed by atoms with Gasteiger partial charge < -0.3 is 30.2 Å². The number of fused-ring (bicyclic) bond motifs is 4. The third-order valence-electron chi connectivity index (χ3n) is 11.8. The fourth-order valence-electron chi connectivity index (χ4n) is 8.46. The summed E-state index contributed by atoms with van der Waals surface area (Å²) in [6, 6.07) is 4.56. The van der Waals surface area contributed by atoms with Gasteiger partial charge in [-0.25, -0.2) is 22.5 Å². The van der Waals surface area contributed by atoms with Gasteiger partial charge in [0.05, 0.1) is 46.4 Å². The van der Waals surface area contributed by atoms with Crippen LogP contribution < -0.4 is 36.5 Å². The first-order valence-electron chi connectivity index (χ1n) is 19.1. The van der Waals surface area contributed by atoms with Gasteiger partial charge in [-0.3, -0.25) is 24.4 Å². The largest absolute Gasteiger partial charge is 0.480 e. The van der Waals surface area contributed by atoms with E-state index in [0.717, 1.165) is 6.07 Å². The molecule has 9 rings (SSSR count). The molecule has 1 aliphatic carbocycles. The number of anilines is 5. The molecule has 3 unspecified atom stereocenters. The molecule has 3 fully saturated rings. The number of carbonyl (C=O) groups excluding carboxylic acids is 2. The Morgan fingerprint density at radius 2 is 1.83 bits per heavy atom. The molecular weight excluding hydrogens is 784 g/mol. The topological polar surface area (TPSA) is 160 Å². The highest BCUT2D eigenvalue weighted by atomic mass is 35.5. The number of rotatable bonds is 7. The molecular formula is C39H39ClF4N10O4. The Labute approximate surface area is 333 Å². The summed E-state index contributed by atoms with van der Waals surface area (Å²) in [5.41, 5.74) is 0.495. The van der Waals surface area contributed by atoms with Gasteiger partial charge in [0.1, 0.15) is 16.4 Å². The van der Waals surface area contributed by atoms with Crippen molar-refractivity contribution >= 4 is 74.0 Å². The van der Waals surface area contributed by atoms with Gasteiger partial charge in [-0.2, -0.15) is 10.1 Å². The van der Waals surface area contributed by atoms with Crippen molar-refractivity contribution in [1.29, 1.82) is 0 Å². The zero-order valence-corrected chi connectivity index (χ0v) is 32.4. The molecule has 58 heavy (non-hydrogen) atoms. The van der Waals surface area contributed by atoms with Crippen LogP contribution in [-0.4, -0.2) is 73.8 Å². The minimum absolute atomic E-state index is 0.0218. The first-order chi connectivity index (χ1) is 27.7. The molecule has 14 nitrogen and oxygen atoms in total. The second-order valence-electron chi connectivity index (χ2n) is 15.7. The summed E-state index contributed by atoms with van der Waals surface area (Å²) >= 11 is 6.52.